The lowest BCUT2D eigenvalue weighted by Crippen LogP contribution is -2.31. The fourth-order valence-electron chi connectivity index (χ4n) is 2.92. The molecule has 0 radical (unpaired) electrons. The van der Waals surface area contributed by atoms with E-state index in [1.54, 1.807) is 0 Å². The average Bonchev–Trinajstić information content (AvgIpc) is 2.41. The standard InChI is InChI=1S/C10H18O2S/c1-9-2-3-10(8-9)4-6-13(11,12)7-5-10/h9H,2-8H2,1H3. The van der Waals surface area contributed by atoms with Gasteiger partial charge in [0, 0.05) is 0 Å². The normalized spacial score (nSPS) is 36.5. The minimum Gasteiger partial charge on any atom is -0.229 e. The molecule has 0 aromatic heterocycles. The lowest BCUT2D eigenvalue weighted by atomic mass is 9.80. The zero-order valence-corrected chi connectivity index (χ0v) is 9.07. The van der Waals surface area contributed by atoms with Crippen LogP contribution in [0.25, 0.3) is 0 Å². The summed E-state index contributed by atoms with van der Waals surface area (Å²) in [6.45, 7) is 2.29. The molecule has 0 N–H and O–H groups in total. The Labute approximate surface area is 80.6 Å². The Bertz CT molecular complexity index is 278. The SMILES string of the molecule is CC1CCC2(CCS(=O)(=O)CC2)C1. The molecular weight excluding hydrogens is 184 g/mol. The fourth-order valence-corrected chi connectivity index (χ4v) is 4.61. The first-order valence-corrected chi connectivity index (χ1v) is 7.04. The predicted octanol–water partition coefficient (Wildman–Crippen LogP) is 2.00. The van der Waals surface area contributed by atoms with E-state index in [2.05, 4.69) is 6.92 Å². The molecule has 3 heteroatoms. The first-order chi connectivity index (χ1) is 6.02. The van der Waals surface area contributed by atoms with Crippen molar-refractivity contribution >= 4 is 9.84 Å². The molecule has 1 saturated heterocycles. The van der Waals surface area contributed by atoms with Gasteiger partial charge in [0.1, 0.15) is 9.84 Å². The van der Waals surface area contributed by atoms with Crippen LogP contribution in [0.2, 0.25) is 0 Å². The summed E-state index contributed by atoms with van der Waals surface area (Å²) in [4.78, 5) is 0. The van der Waals surface area contributed by atoms with Gasteiger partial charge in [-0.3, -0.25) is 0 Å². The first-order valence-electron chi connectivity index (χ1n) is 5.22. The Morgan fingerprint density at radius 1 is 1.15 bits per heavy atom. The quantitative estimate of drug-likeness (QED) is 0.602. The van der Waals surface area contributed by atoms with Crippen molar-refractivity contribution in [2.24, 2.45) is 11.3 Å². The van der Waals surface area contributed by atoms with Gasteiger partial charge in [0.15, 0.2) is 0 Å². The van der Waals surface area contributed by atoms with Crippen molar-refractivity contribution in [1.82, 2.24) is 0 Å². The van der Waals surface area contributed by atoms with E-state index in [4.69, 9.17) is 0 Å². The van der Waals surface area contributed by atoms with E-state index in [9.17, 15) is 8.42 Å². The van der Waals surface area contributed by atoms with Gasteiger partial charge in [0.25, 0.3) is 0 Å². The zero-order valence-electron chi connectivity index (χ0n) is 8.25. The third kappa shape index (κ3) is 1.90. The molecule has 2 aliphatic rings. The second-order valence-electron chi connectivity index (χ2n) is 5.00. The molecule has 0 aromatic rings. The van der Waals surface area contributed by atoms with Gasteiger partial charge in [0.05, 0.1) is 11.5 Å². The van der Waals surface area contributed by atoms with Gasteiger partial charge in [0.2, 0.25) is 0 Å². The highest BCUT2D eigenvalue weighted by Crippen LogP contribution is 2.49. The van der Waals surface area contributed by atoms with Gasteiger partial charge in [-0.25, -0.2) is 8.42 Å². The van der Waals surface area contributed by atoms with Crippen molar-refractivity contribution in [1.29, 1.82) is 0 Å². The van der Waals surface area contributed by atoms with Gasteiger partial charge >= 0.3 is 0 Å². The van der Waals surface area contributed by atoms with Gasteiger partial charge < -0.3 is 0 Å². The van der Waals surface area contributed by atoms with E-state index in [1.807, 2.05) is 0 Å². The largest absolute Gasteiger partial charge is 0.229 e. The number of rotatable bonds is 0. The molecule has 1 aliphatic carbocycles. The molecule has 0 aromatic carbocycles. The second-order valence-corrected chi connectivity index (χ2v) is 7.30. The van der Waals surface area contributed by atoms with Crippen LogP contribution in [0.3, 0.4) is 0 Å². The fraction of sp³-hybridized carbons (Fsp3) is 1.00. The van der Waals surface area contributed by atoms with E-state index < -0.39 is 9.84 Å². The van der Waals surface area contributed by atoms with Crippen molar-refractivity contribution in [3.8, 4) is 0 Å². The number of sulfone groups is 1. The summed E-state index contributed by atoms with van der Waals surface area (Å²) >= 11 is 0. The van der Waals surface area contributed by atoms with Crippen molar-refractivity contribution in [2.75, 3.05) is 11.5 Å². The molecule has 1 atom stereocenters. The molecule has 1 unspecified atom stereocenters. The summed E-state index contributed by atoms with van der Waals surface area (Å²) in [5.74, 6) is 1.71. The molecule has 1 saturated carbocycles. The lowest BCUT2D eigenvalue weighted by Gasteiger charge is -2.33. The molecule has 2 rings (SSSR count). The highest BCUT2D eigenvalue weighted by atomic mass is 32.2. The van der Waals surface area contributed by atoms with E-state index in [0.29, 0.717) is 16.9 Å². The van der Waals surface area contributed by atoms with Crippen LogP contribution in [0.15, 0.2) is 0 Å². The van der Waals surface area contributed by atoms with Crippen LogP contribution in [0, 0.1) is 11.3 Å². The number of hydrogen-bond donors (Lipinski definition) is 0. The molecule has 2 nitrogen and oxygen atoms in total. The summed E-state index contributed by atoms with van der Waals surface area (Å²) in [6, 6.07) is 0. The molecule has 13 heavy (non-hydrogen) atoms. The highest BCUT2D eigenvalue weighted by molar-refractivity contribution is 7.91. The minimum absolute atomic E-state index is 0.421. The molecule has 1 heterocycles. The zero-order chi connectivity index (χ0) is 9.53. The van der Waals surface area contributed by atoms with Gasteiger partial charge in [-0.1, -0.05) is 13.3 Å². The van der Waals surface area contributed by atoms with Crippen LogP contribution in [0.4, 0.5) is 0 Å². The van der Waals surface area contributed by atoms with Crippen molar-refractivity contribution in [3.05, 3.63) is 0 Å². The maximum absolute atomic E-state index is 11.3. The van der Waals surface area contributed by atoms with E-state index >= 15 is 0 Å². The van der Waals surface area contributed by atoms with Gasteiger partial charge in [-0.2, -0.15) is 0 Å². The minimum atomic E-state index is -2.66. The highest BCUT2D eigenvalue weighted by Gasteiger charge is 2.41. The summed E-state index contributed by atoms with van der Waals surface area (Å²) in [5.41, 5.74) is 0.421. The summed E-state index contributed by atoms with van der Waals surface area (Å²) in [5, 5.41) is 0. The van der Waals surface area contributed by atoms with Crippen LogP contribution in [0.1, 0.15) is 39.0 Å². The summed E-state index contributed by atoms with van der Waals surface area (Å²) in [6.07, 6.45) is 5.70. The average molecular weight is 202 g/mol. The van der Waals surface area contributed by atoms with Crippen LogP contribution >= 0.6 is 0 Å². The Balaban J connectivity index is 2.05. The third-order valence-corrected chi connectivity index (χ3v) is 5.49. The Kier molecular flexibility index (Phi) is 2.17. The van der Waals surface area contributed by atoms with Crippen molar-refractivity contribution in [3.63, 3.8) is 0 Å². The third-order valence-electron chi connectivity index (χ3n) is 3.84. The van der Waals surface area contributed by atoms with Crippen LogP contribution < -0.4 is 0 Å². The molecule has 76 valence electrons. The molecular formula is C10H18O2S. The van der Waals surface area contributed by atoms with E-state index in [0.717, 1.165) is 18.8 Å². The molecule has 1 spiro atoms. The van der Waals surface area contributed by atoms with Gasteiger partial charge in [-0.05, 0) is 37.0 Å². The molecule has 2 fully saturated rings. The lowest BCUT2D eigenvalue weighted by molar-refractivity contribution is 0.256. The van der Waals surface area contributed by atoms with Crippen molar-refractivity contribution in [2.45, 2.75) is 39.0 Å². The smallest absolute Gasteiger partial charge is 0.150 e. The summed E-state index contributed by atoms with van der Waals surface area (Å²) < 4.78 is 22.5. The predicted molar refractivity (Wildman–Crippen MR) is 53.3 cm³/mol. The summed E-state index contributed by atoms with van der Waals surface area (Å²) in [7, 11) is -2.66. The Morgan fingerprint density at radius 2 is 1.77 bits per heavy atom. The Hall–Kier alpha value is -0.0500. The van der Waals surface area contributed by atoms with Crippen LogP contribution in [-0.2, 0) is 9.84 Å². The first kappa shape index (κ1) is 9.50. The van der Waals surface area contributed by atoms with Crippen molar-refractivity contribution < 1.29 is 8.42 Å². The van der Waals surface area contributed by atoms with E-state index in [-0.39, 0.29) is 0 Å². The molecule has 0 bridgehead atoms. The second kappa shape index (κ2) is 2.97. The molecule has 0 amide bonds. The van der Waals surface area contributed by atoms with Crippen LogP contribution in [-0.4, -0.2) is 19.9 Å². The number of hydrogen-bond acceptors (Lipinski definition) is 2. The van der Waals surface area contributed by atoms with Crippen LogP contribution in [0.5, 0.6) is 0 Å². The molecule has 1 aliphatic heterocycles. The monoisotopic (exact) mass is 202 g/mol. The topological polar surface area (TPSA) is 34.1 Å². The maximum atomic E-state index is 11.3. The van der Waals surface area contributed by atoms with E-state index in [1.165, 1.54) is 19.3 Å². The Morgan fingerprint density at radius 3 is 2.23 bits per heavy atom. The van der Waals surface area contributed by atoms with Gasteiger partial charge in [-0.15, -0.1) is 0 Å². The maximum Gasteiger partial charge on any atom is 0.150 e.